The summed E-state index contributed by atoms with van der Waals surface area (Å²) >= 11 is 0. The second-order valence-electron chi connectivity index (χ2n) is 9.57. The van der Waals surface area contributed by atoms with Gasteiger partial charge in [0, 0.05) is 57.5 Å². The first-order chi connectivity index (χ1) is 18.0. The SMILES string of the molecule is COC(=O)C1=C(CCN(C)C)N(C)C(CCN2CCOCC2)=C(C(=O)OC)C1c1ccc(C(F)(F)F)cc1. The molecule has 0 spiro atoms. The number of morpholine rings is 1. The lowest BCUT2D eigenvalue weighted by Crippen LogP contribution is -2.40. The minimum absolute atomic E-state index is 0.215. The quantitative estimate of drug-likeness (QED) is 0.443. The summed E-state index contributed by atoms with van der Waals surface area (Å²) in [5.41, 5.74) is 1.30. The van der Waals surface area contributed by atoms with E-state index < -0.39 is 29.6 Å². The summed E-state index contributed by atoms with van der Waals surface area (Å²) in [6.07, 6.45) is -3.59. The fourth-order valence-electron chi connectivity index (χ4n) is 4.91. The molecule has 0 N–H and O–H groups in total. The lowest BCUT2D eigenvalue weighted by molar-refractivity contribution is -0.139. The highest BCUT2D eigenvalue weighted by molar-refractivity contribution is 6.00. The molecule has 11 heteroatoms. The van der Waals surface area contributed by atoms with Crippen molar-refractivity contribution < 1.29 is 37.0 Å². The van der Waals surface area contributed by atoms with Crippen LogP contribution < -0.4 is 0 Å². The van der Waals surface area contributed by atoms with Crippen LogP contribution in [0.15, 0.2) is 46.8 Å². The van der Waals surface area contributed by atoms with Gasteiger partial charge in [-0.3, -0.25) is 4.90 Å². The predicted octanol–water partition coefficient (Wildman–Crippen LogP) is 3.26. The third-order valence-electron chi connectivity index (χ3n) is 6.96. The highest BCUT2D eigenvalue weighted by Gasteiger charge is 2.42. The molecule has 1 aromatic carbocycles. The molecule has 38 heavy (non-hydrogen) atoms. The van der Waals surface area contributed by atoms with Crippen molar-refractivity contribution in [2.75, 3.05) is 74.8 Å². The first-order valence-corrected chi connectivity index (χ1v) is 12.5. The summed E-state index contributed by atoms with van der Waals surface area (Å²) in [4.78, 5) is 32.6. The Morgan fingerprint density at radius 1 is 0.974 bits per heavy atom. The summed E-state index contributed by atoms with van der Waals surface area (Å²) in [5.74, 6) is -2.25. The van der Waals surface area contributed by atoms with Crippen molar-refractivity contribution in [2.24, 2.45) is 0 Å². The summed E-state index contributed by atoms with van der Waals surface area (Å²) in [6, 6.07) is 4.55. The molecule has 0 aromatic heterocycles. The van der Waals surface area contributed by atoms with Crippen molar-refractivity contribution in [1.82, 2.24) is 14.7 Å². The van der Waals surface area contributed by atoms with E-state index in [1.807, 2.05) is 23.9 Å². The summed E-state index contributed by atoms with van der Waals surface area (Å²) in [5, 5.41) is 0. The number of carbonyl (C=O) groups is 2. The van der Waals surface area contributed by atoms with Gasteiger partial charge < -0.3 is 24.0 Å². The molecule has 1 unspecified atom stereocenters. The van der Waals surface area contributed by atoms with Crippen molar-refractivity contribution in [3.8, 4) is 0 Å². The highest BCUT2D eigenvalue weighted by Crippen LogP contribution is 2.45. The molecule has 3 rings (SSSR count). The molecule has 2 aliphatic heterocycles. The standard InChI is InChI=1S/C27H36F3N3O5/c1-31(2)12-10-20-23(25(34)36-4)22(18-6-8-19(9-7-18)27(28,29)30)24(26(35)37-5)21(32(20)3)11-13-33-14-16-38-17-15-33/h6-9,22H,10-17H2,1-5H3. The molecule has 0 bridgehead atoms. The van der Waals surface area contributed by atoms with Crippen molar-refractivity contribution in [3.63, 3.8) is 0 Å². The second-order valence-corrected chi connectivity index (χ2v) is 9.57. The molecular formula is C27H36F3N3O5. The average Bonchev–Trinajstić information content (AvgIpc) is 2.90. The van der Waals surface area contributed by atoms with Gasteiger partial charge >= 0.3 is 18.1 Å². The molecular weight excluding hydrogens is 503 g/mol. The Bertz CT molecular complexity index is 1060. The van der Waals surface area contributed by atoms with Crippen LogP contribution in [-0.4, -0.2) is 101 Å². The monoisotopic (exact) mass is 539 g/mol. The molecule has 0 amide bonds. The topological polar surface area (TPSA) is 71.5 Å². The molecule has 8 nitrogen and oxygen atoms in total. The first kappa shape index (κ1) is 29.7. The lowest BCUT2D eigenvalue weighted by atomic mass is 9.78. The molecule has 0 aliphatic carbocycles. The van der Waals surface area contributed by atoms with E-state index in [0.717, 1.165) is 25.2 Å². The van der Waals surface area contributed by atoms with Gasteiger partial charge in [0.1, 0.15) is 0 Å². The van der Waals surface area contributed by atoms with Crippen LogP contribution in [0.4, 0.5) is 13.2 Å². The molecule has 0 radical (unpaired) electrons. The van der Waals surface area contributed by atoms with Gasteiger partial charge in [0.05, 0.1) is 50.1 Å². The predicted molar refractivity (Wildman–Crippen MR) is 135 cm³/mol. The number of carbonyl (C=O) groups excluding carboxylic acids is 2. The van der Waals surface area contributed by atoms with E-state index in [-0.39, 0.29) is 11.1 Å². The van der Waals surface area contributed by atoms with Gasteiger partial charge in [0.15, 0.2) is 0 Å². The van der Waals surface area contributed by atoms with E-state index in [1.165, 1.54) is 26.4 Å². The first-order valence-electron chi connectivity index (χ1n) is 12.5. The van der Waals surface area contributed by atoms with Gasteiger partial charge in [0.25, 0.3) is 0 Å². The number of hydrogen-bond donors (Lipinski definition) is 0. The van der Waals surface area contributed by atoms with Crippen LogP contribution in [0.25, 0.3) is 0 Å². The van der Waals surface area contributed by atoms with E-state index in [9.17, 15) is 22.8 Å². The summed E-state index contributed by atoms with van der Waals surface area (Å²) < 4.78 is 55.7. The van der Waals surface area contributed by atoms with Crippen LogP contribution in [0.2, 0.25) is 0 Å². The molecule has 1 saturated heterocycles. The Morgan fingerprint density at radius 2 is 1.50 bits per heavy atom. The molecule has 0 saturated carbocycles. The van der Waals surface area contributed by atoms with Gasteiger partial charge in [0.2, 0.25) is 0 Å². The van der Waals surface area contributed by atoms with Crippen molar-refractivity contribution in [2.45, 2.75) is 24.9 Å². The second kappa shape index (κ2) is 12.8. The Hall–Kier alpha value is -2.89. The van der Waals surface area contributed by atoms with Gasteiger partial charge in [-0.05, 0) is 31.8 Å². The largest absolute Gasteiger partial charge is 0.466 e. The highest BCUT2D eigenvalue weighted by atomic mass is 19.4. The zero-order valence-electron chi connectivity index (χ0n) is 22.6. The Kier molecular flexibility index (Phi) is 9.97. The Labute approximate surface area is 221 Å². The number of halogens is 3. The number of alkyl halides is 3. The maximum atomic E-state index is 13.3. The minimum atomic E-state index is -4.52. The third kappa shape index (κ3) is 6.75. The van der Waals surface area contributed by atoms with E-state index >= 15 is 0 Å². The maximum absolute atomic E-state index is 13.3. The van der Waals surface area contributed by atoms with Gasteiger partial charge in [-0.25, -0.2) is 9.59 Å². The van der Waals surface area contributed by atoms with E-state index in [2.05, 4.69) is 4.90 Å². The number of esters is 2. The van der Waals surface area contributed by atoms with E-state index in [4.69, 9.17) is 14.2 Å². The fourth-order valence-corrected chi connectivity index (χ4v) is 4.91. The van der Waals surface area contributed by atoms with Crippen LogP contribution in [0.1, 0.15) is 29.9 Å². The van der Waals surface area contributed by atoms with Gasteiger partial charge in [-0.2, -0.15) is 13.2 Å². The number of hydrogen-bond acceptors (Lipinski definition) is 8. The zero-order valence-corrected chi connectivity index (χ0v) is 22.6. The number of rotatable bonds is 9. The zero-order chi connectivity index (χ0) is 28.0. The number of nitrogens with zero attached hydrogens (tertiary/aromatic N) is 3. The Balaban J connectivity index is 2.20. The number of methoxy groups -OCH3 is 2. The van der Waals surface area contributed by atoms with Crippen LogP contribution in [-0.2, 0) is 30.0 Å². The Morgan fingerprint density at radius 3 is 1.97 bits per heavy atom. The summed E-state index contributed by atoms with van der Waals surface area (Å²) in [7, 11) is 8.11. The lowest BCUT2D eigenvalue weighted by Gasteiger charge is -2.39. The molecule has 1 atom stereocenters. The minimum Gasteiger partial charge on any atom is -0.466 e. The molecule has 210 valence electrons. The maximum Gasteiger partial charge on any atom is 0.416 e. The van der Waals surface area contributed by atoms with Gasteiger partial charge in [-0.15, -0.1) is 0 Å². The van der Waals surface area contributed by atoms with E-state index in [1.54, 1.807) is 7.05 Å². The smallest absolute Gasteiger partial charge is 0.416 e. The number of ether oxygens (including phenoxy) is 3. The van der Waals surface area contributed by atoms with Crippen molar-refractivity contribution in [1.29, 1.82) is 0 Å². The number of benzene rings is 1. The van der Waals surface area contributed by atoms with Crippen LogP contribution in [0, 0.1) is 0 Å². The molecule has 2 aliphatic rings. The van der Waals surface area contributed by atoms with Crippen molar-refractivity contribution in [3.05, 3.63) is 57.9 Å². The van der Waals surface area contributed by atoms with Crippen LogP contribution in [0.5, 0.6) is 0 Å². The van der Waals surface area contributed by atoms with Crippen LogP contribution in [0.3, 0.4) is 0 Å². The fraction of sp³-hybridized carbons (Fsp3) is 0.556. The normalized spacial score (nSPS) is 19.3. The average molecular weight is 540 g/mol. The molecule has 2 heterocycles. The van der Waals surface area contributed by atoms with Gasteiger partial charge in [-0.1, -0.05) is 12.1 Å². The molecule has 1 aromatic rings. The van der Waals surface area contributed by atoms with Crippen LogP contribution >= 0.6 is 0 Å². The van der Waals surface area contributed by atoms with E-state index in [0.29, 0.717) is 56.1 Å². The summed E-state index contributed by atoms with van der Waals surface area (Å²) in [6.45, 7) is 3.98. The van der Waals surface area contributed by atoms with Crippen molar-refractivity contribution >= 4 is 11.9 Å². The third-order valence-corrected chi connectivity index (χ3v) is 6.96. The molecule has 1 fully saturated rings.